The number of ether oxygens (including phenoxy) is 1. The second-order valence-electron chi connectivity index (χ2n) is 5.55. The van der Waals surface area contributed by atoms with E-state index in [9.17, 15) is 4.79 Å². The Balaban J connectivity index is 1.79. The van der Waals surface area contributed by atoms with Crippen molar-refractivity contribution in [1.82, 2.24) is 9.97 Å². The zero-order valence-corrected chi connectivity index (χ0v) is 13.4. The molecular formula is C17H20N4O2. The predicted octanol–water partition coefficient (Wildman–Crippen LogP) is 2.57. The van der Waals surface area contributed by atoms with Crippen molar-refractivity contribution in [1.29, 1.82) is 0 Å². The number of aryl methyl sites for hydroxylation is 1. The number of nitrogens with one attached hydrogen (secondary N) is 1. The third-order valence-corrected chi connectivity index (χ3v) is 3.72. The Labute approximate surface area is 135 Å². The maximum atomic E-state index is 11.3. The number of benzene rings is 1. The van der Waals surface area contributed by atoms with E-state index in [0.29, 0.717) is 11.5 Å². The zero-order chi connectivity index (χ0) is 16.2. The molecule has 1 aliphatic rings. The van der Waals surface area contributed by atoms with Crippen LogP contribution >= 0.6 is 0 Å². The summed E-state index contributed by atoms with van der Waals surface area (Å²) in [5.74, 6) is 1.52. The molecule has 2 heterocycles. The Morgan fingerprint density at radius 1 is 1.17 bits per heavy atom. The van der Waals surface area contributed by atoms with Crippen molar-refractivity contribution in [2.75, 3.05) is 36.5 Å². The fraction of sp³-hybridized carbons (Fsp3) is 0.353. The normalized spacial score (nSPS) is 14.6. The summed E-state index contributed by atoms with van der Waals surface area (Å²) in [6.45, 7) is 6.62. The molecule has 3 rings (SSSR count). The molecule has 1 fully saturated rings. The van der Waals surface area contributed by atoms with Gasteiger partial charge in [-0.1, -0.05) is 0 Å². The van der Waals surface area contributed by atoms with E-state index < -0.39 is 0 Å². The summed E-state index contributed by atoms with van der Waals surface area (Å²) in [6, 6.07) is 9.29. The average Bonchev–Trinajstić information content (AvgIpc) is 2.55. The van der Waals surface area contributed by atoms with Crippen molar-refractivity contribution in [2.45, 2.75) is 13.8 Å². The molecule has 1 aromatic carbocycles. The topological polar surface area (TPSA) is 67.4 Å². The molecule has 0 atom stereocenters. The minimum atomic E-state index is 0.0537. The summed E-state index contributed by atoms with van der Waals surface area (Å²) >= 11 is 0. The number of hydrogen-bond donors (Lipinski definition) is 1. The SMILES string of the molecule is CC(=O)c1ccc(Nc2nc(C)cc(N3CCOCC3)n2)cc1. The molecule has 0 unspecified atom stereocenters. The van der Waals surface area contributed by atoms with Crippen molar-refractivity contribution in [2.24, 2.45) is 0 Å². The summed E-state index contributed by atoms with van der Waals surface area (Å²) in [5, 5.41) is 3.20. The smallest absolute Gasteiger partial charge is 0.229 e. The first kappa shape index (κ1) is 15.4. The molecule has 1 aliphatic heterocycles. The molecule has 120 valence electrons. The van der Waals surface area contributed by atoms with Crippen LogP contribution in [-0.2, 0) is 4.74 Å². The highest BCUT2D eigenvalue weighted by Gasteiger charge is 2.14. The number of hydrogen-bond acceptors (Lipinski definition) is 6. The van der Waals surface area contributed by atoms with Gasteiger partial charge in [0.1, 0.15) is 5.82 Å². The Morgan fingerprint density at radius 2 is 1.87 bits per heavy atom. The van der Waals surface area contributed by atoms with Crippen LogP contribution in [-0.4, -0.2) is 42.1 Å². The number of nitrogens with zero attached hydrogens (tertiary/aromatic N) is 3. The largest absolute Gasteiger partial charge is 0.378 e. The minimum Gasteiger partial charge on any atom is -0.378 e. The number of Topliss-reactive ketones (excluding diaryl/α,β-unsaturated/α-hetero) is 1. The highest BCUT2D eigenvalue weighted by atomic mass is 16.5. The Kier molecular flexibility index (Phi) is 4.52. The van der Waals surface area contributed by atoms with Gasteiger partial charge in [0, 0.05) is 36.1 Å². The van der Waals surface area contributed by atoms with Gasteiger partial charge in [0.25, 0.3) is 0 Å². The van der Waals surface area contributed by atoms with E-state index in [1.807, 2.05) is 25.1 Å². The van der Waals surface area contributed by atoms with Crippen LogP contribution in [0, 0.1) is 6.92 Å². The summed E-state index contributed by atoms with van der Waals surface area (Å²) < 4.78 is 5.38. The van der Waals surface area contributed by atoms with Gasteiger partial charge in [0.2, 0.25) is 5.95 Å². The predicted molar refractivity (Wildman–Crippen MR) is 89.5 cm³/mol. The Bertz CT molecular complexity index is 694. The van der Waals surface area contributed by atoms with E-state index in [4.69, 9.17) is 4.74 Å². The monoisotopic (exact) mass is 312 g/mol. The quantitative estimate of drug-likeness (QED) is 0.875. The van der Waals surface area contributed by atoms with Crippen LogP contribution in [0.4, 0.5) is 17.5 Å². The Morgan fingerprint density at radius 3 is 2.52 bits per heavy atom. The summed E-state index contributed by atoms with van der Waals surface area (Å²) in [6.07, 6.45) is 0. The van der Waals surface area contributed by atoms with E-state index >= 15 is 0 Å². The first-order chi connectivity index (χ1) is 11.1. The molecule has 0 amide bonds. The summed E-state index contributed by atoms with van der Waals surface area (Å²) in [7, 11) is 0. The molecule has 23 heavy (non-hydrogen) atoms. The highest BCUT2D eigenvalue weighted by Crippen LogP contribution is 2.19. The van der Waals surface area contributed by atoms with Crippen molar-refractivity contribution in [3.05, 3.63) is 41.6 Å². The average molecular weight is 312 g/mol. The van der Waals surface area contributed by atoms with Crippen LogP contribution in [0.15, 0.2) is 30.3 Å². The van der Waals surface area contributed by atoms with Crippen molar-refractivity contribution in [3.8, 4) is 0 Å². The van der Waals surface area contributed by atoms with Crippen LogP contribution in [0.25, 0.3) is 0 Å². The molecule has 1 aromatic heterocycles. The van der Waals surface area contributed by atoms with Crippen LogP contribution in [0.1, 0.15) is 23.0 Å². The van der Waals surface area contributed by atoms with Crippen molar-refractivity contribution >= 4 is 23.2 Å². The van der Waals surface area contributed by atoms with E-state index in [1.165, 1.54) is 0 Å². The highest BCUT2D eigenvalue weighted by molar-refractivity contribution is 5.94. The van der Waals surface area contributed by atoms with Crippen LogP contribution in [0.3, 0.4) is 0 Å². The number of anilines is 3. The third-order valence-electron chi connectivity index (χ3n) is 3.72. The fourth-order valence-electron chi connectivity index (χ4n) is 2.48. The maximum absolute atomic E-state index is 11.3. The van der Waals surface area contributed by atoms with Gasteiger partial charge in [-0.25, -0.2) is 4.98 Å². The van der Waals surface area contributed by atoms with Crippen molar-refractivity contribution in [3.63, 3.8) is 0 Å². The molecule has 1 saturated heterocycles. The molecule has 1 N–H and O–H groups in total. The number of carbonyl (C=O) groups excluding carboxylic acids is 1. The molecule has 0 aliphatic carbocycles. The van der Waals surface area contributed by atoms with E-state index in [0.717, 1.165) is 43.5 Å². The standard InChI is InChI=1S/C17H20N4O2/c1-12-11-16(21-7-9-23-10-8-21)20-17(18-12)19-15-5-3-14(4-6-15)13(2)22/h3-6,11H,7-10H2,1-2H3,(H,18,19,20). The van der Waals surface area contributed by atoms with Gasteiger partial charge in [-0.2, -0.15) is 4.98 Å². The Hall–Kier alpha value is -2.47. The van der Waals surface area contributed by atoms with E-state index in [2.05, 4.69) is 20.2 Å². The molecule has 0 bridgehead atoms. The third kappa shape index (κ3) is 3.84. The van der Waals surface area contributed by atoms with Crippen LogP contribution < -0.4 is 10.2 Å². The van der Waals surface area contributed by atoms with Gasteiger partial charge >= 0.3 is 0 Å². The zero-order valence-electron chi connectivity index (χ0n) is 13.4. The van der Waals surface area contributed by atoms with Gasteiger partial charge in [0.15, 0.2) is 5.78 Å². The molecule has 0 radical (unpaired) electrons. The second-order valence-corrected chi connectivity index (χ2v) is 5.55. The summed E-state index contributed by atoms with van der Waals surface area (Å²) in [4.78, 5) is 22.5. The molecule has 0 spiro atoms. The molecular weight excluding hydrogens is 292 g/mol. The molecule has 2 aromatic rings. The van der Waals surface area contributed by atoms with Crippen molar-refractivity contribution < 1.29 is 9.53 Å². The number of ketones is 1. The minimum absolute atomic E-state index is 0.0537. The lowest BCUT2D eigenvalue weighted by atomic mass is 10.1. The lowest BCUT2D eigenvalue weighted by molar-refractivity contribution is 0.101. The van der Waals surface area contributed by atoms with Gasteiger partial charge in [-0.15, -0.1) is 0 Å². The van der Waals surface area contributed by atoms with Gasteiger partial charge in [-0.05, 0) is 38.1 Å². The first-order valence-corrected chi connectivity index (χ1v) is 7.68. The van der Waals surface area contributed by atoms with Gasteiger partial charge < -0.3 is 15.0 Å². The maximum Gasteiger partial charge on any atom is 0.229 e. The lowest BCUT2D eigenvalue weighted by Crippen LogP contribution is -2.36. The molecule has 0 saturated carbocycles. The van der Waals surface area contributed by atoms with Gasteiger partial charge in [0.05, 0.1) is 13.2 Å². The lowest BCUT2D eigenvalue weighted by Gasteiger charge is -2.28. The van der Waals surface area contributed by atoms with Gasteiger partial charge in [-0.3, -0.25) is 4.79 Å². The fourth-order valence-corrected chi connectivity index (χ4v) is 2.48. The number of aromatic nitrogens is 2. The van der Waals surface area contributed by atoms with Crippen LogP contribution in [0.5, 0.6) is 0 Å². The van der Waals surface area contributed by atoms with E-state index in [-0.39, 0.29) is 5.78 Å². The van der Waals surface area contributed by atoms with Crippen LogP contribution in [0.2, 0.25) is 0 Å². The summed E-state index contributed by atoms with van der Waals surface area (Å²) in [5.41, 5.74) is 2.45. The second kappa shape index (κ2) is 6.75. The molecule has 6 nitrogen and oxygen atoms in total. The number of morpholine rings is 1. The first-order valence-electron chi connectivity index (χ1n) is 7.68. The number of carbonyl (C=O) groups is 1. The number of rotatable bonds is 4. The van der Waals surface area contributed by atoms with E-state index in [1.54, 1.807) is 19.1 Å². The molecule has 6 heteroatoms.